The van der Waals surface area contributed by atoms with Crippen molar-refractivity contribution in [3.05, 3.63) is 58.1 Å². The minimum absolute atomic E-state index is 0.00283. The van der Waals surface area contributed by atoms with E-state index in [0.717, 1.165) is 6.07 Å². The smallest absolute Gasteiger partial charge is 0.274 e. The van der Waals surface area contributed by atoms with Gasteiger partial charge in [0.15, 0.2) is 0 Å². The number of halogens is 3. The van der Waals surface area contributed by atoms with Gasteiger partial charge in [-0.1, -0.05) is 11.6 Å². The average Bonchev–Trinajstić information content (AvgIpc) is 2.73. The summed E-state index contributed by atoms with van der Waals surface area (Å²) in [6, 6.07) is 3.16. The van der Waals surface area contributed by atoms with Gasteiger partial charge in [-0.2, -0.15) is 0 Å². The third-order valence-electron chi connectivity index (χ3n) is 3.92. The van der Waals surface area contributed by atoms with Crippen LogP contribution < -0.4 is 11.1 Å². The first-order valence-electron chi connectivity index (χ1n) is 9.47. The average molecular weight is 398 g/mol. The first kappa shape index (κ1) is 15.5. The van der Waals surface area contributed by atoms with Crippen LogP contribution in [0.2, 0.25) is 5.02 Å². The second kappa shape index (κ2) is 7.58. The highest BCUT2D eigenvalue weighted by atomic mass is 35.5. The van der Waals surface area contributed by atoms with Crippen molar-refractivity contribution in [1.29, 1.82) is 0 Å². The number of benzene rings is 1. The van der Waals surface area contributed by atoms with Gasteiger partial charge in [0.1, 0.15) is 36.2 Å². The number of amides is 1. The number of pyridine rings is 1. The summed E-state index contributed by atoms with van der Waals surface area (Å²) >= 11 is 5.80. The molecule has 0 radical (unpaired) electrons. The van der Waals surface area contributed by atoms with Crippen LogP contribution >= 0.6 is 11.6 Å². The fourth-order valence-electron chi connectivity index (χ4n) is 2.67. The quantitative estimate of drug-likeness (QED) is 0.829. The molecule has 142 valence electrons. The highest BCUT2D eigenvalue weighted by Crippen LogP contribution is 2.33. The van der Waals surface area contributed by atoms with E-state index < -0.39 is 37.0 Å². The summed E-state index contributed by atoms with van der Waals surface area (Å²) < 4.78 is 56.7. The molecule has 1 amide bonds. The number of rotatable bonds is 4. The molecule has 1 aliphatic rings. The molecule has 3 rings (SSSR count). The molecule has 2 aromatic rings. The number of nitrogens with two attached hydrogens (primary N) is 1. The number of carbonyl (C=O) groups excluding carboxylic acids is 1. The van der Waals surface area contributed by atoms with E-state index in [2.05, 4.69) is 15.3 Å². The molecule has 2 heterocycles. The van der Waals surface area contributed by atoms with Crippen molar-refractivity contribution in [2.75, 3.05) is 25.2 Å². The fourth-order valence-corrected chi connectivity index (χ4v) is 2.83. The van der Waals surface area contributed by atoms with Crippen molar-refractivity contribution >= 4 is 29.0 Å². The topological polar surface area (TPSA) is 89.6 Å². The molecule has 3 N–H and O–H groups in total. The van der Waals surface area contributed by atoms with E-state index in [1.807, 2.05) is 0 Å². The molecule has 0 aliphatic carbocycles. The van der Waals surface area contributed by atoms with Crippen LogP contribution in [0.15, 0.2) is 35.4 Å². The van der Waals surface area contributed by atoms with Crippen LogP contribution in [0.4, 0.5) is 14.5 Å². The number of hydrogen-bond acceptors (Lipinski definition) is 5. The number of aromatic nitrogens is 1. The minimum atomic E-state index is -1.68. The maximum Gasteiger partial charge on any atom is 0.274 e. The minimum Gasteiger partial charge on any atom is -0.385 e. The van der Waals surface area contributed by atoms with Gasteiger partial charge in [0.25, 0.3) is 5.91 Å². The molecule has 0 fully saturated rings. The summed E-state index contributed by atoms with van der Waals surface area (Å²) in [6.07, 6.45) is -0.482. The monoisotopic (exact) mass is 397 g/mol. The molecule has 1 aliphatic heterocycles. The predicted octanol–water partition coefficient (Wildman–Crippen LogP) is 2.99. The van der Waals surface area contributed by atoms with Crippen LogP contribution in [0.5, 0.6) is 0 Å². The molecular formula is C18H17ClF2N4O2. The number of alkyl halides is 1. The number of hydrogen-bond donors (Lipinski definition) is 2. The lowest BCUT2D eigenvalue weighted by molar-refractivity contribution is 0.0809. The number of nitrogens with zero attached hydrogens (tertiary/aromatic N) is 2. The van der Waals surface area contributed by atoms with Crippen molar-refractivity contribution in [1.82, 2.24) is 4.98 Å². The van der Waals surface area contributed by atoms with Crippen LogP contribution in [0, 0.1) is 12.7 Å². The number of nitrogens with one attached hydrogen (secondary N) is 1. The van der Waals surface area contributed by atoms with Gasteiger partial charge >= 0.3 is 0 Å². The van der Waals surface area contributed by atoms with Gasteiger partial charge in [0.2, 0.25) is 0 Å². The van der Waals surface area contributed by atoms with Crippen molar-refractivity contribution in [2.24, 2.45) is 10.7 Å². The van der Waals surface area contributed by atoms with E-state index in [1.165, 1.54) is 12.1 Å². The number of anilines is 1. The summed E-state index contributed by atoms with van der Waals surface area (Å²) in [5.74, 6) is -1.57. The Labute approximate surface area is 163 Å². The van der Waals surface area contributed by atoms with Gasteiger partial charge in [-0.3, -0.25) is 9.79 Å². The molecule has 1 aromatic carbocycles. The van der Waals surface area contributed by atoms with E-state index in [9.17, 15) is 13.6 Å². The molecule has 9 heteroatoms. The zero-order chi connectivity index (χ0) is 22.1. The SMILES string of the molecule is [2H]Cc1c(C(=O)Nc2ccc(F)c([C@]3(CF)COCC(N)=N3)c2)nc([2H])c(Cl)c1[2H]. The predicted molar refractivity (Wildman–Crippen MR) is 98.4 cm³/mol. The third-order valence-corrected chi connectivity index (χ3v) is 4.10. The summed E-state index contributed by atoms with van der Waals surface area (Å²) in [6.45, 7) is -1.76. The summed E-state index contributed by atoms with van der Waals surface area (Å²) in [7, 11) is 0. The van der Waals surface area contributed by atoms with Gasteiger partial charge in [-0.15, -0.1) is 0 Å². The number of amidine groups is 1. The Kier molecular flexibility index (Phi) is 4.34. The Hall–Kier alpha value is -2.58. The number of ether oxygens (including phenoxy) is 1. The van der Waals surface area contributed by atoms with Crippen molar-refractivity contribution < 1.29 is 22.4 Å². The van der Waals surface area contributed by atoms with Crippen molar-refractivity contribution in [3.63, 3.8) is 0 Å². The zero-order valence-corrected chi connectivity index (χ0v) is 14.7. The van der Waals surface area contributed by atoms with E-state index in [0.29, 0.717) is 0 Å². The van der Waals surface area contributed by atoms with Crippen molar-refractivity contribution in [2.45, 2.75) is 12.4 Å². The second-order valence-corrected chi connectivity index (χ2v) is 6.28. The van der Waals surface area contributed by atoms with Gasteiger partial charge in [0.05, 0.1) is 14.4 Å². The molecule has 0 unspecified atom stereocenters. The Bertz CT molecular complexity index is 1040. The third kappa shape index (κ3) is 3.91. The lowest BCUT2D eigenvalue weighted by Crippen LogP contribution is -2.42. The van der Waals surface area contributed by atoms with E-state index in [1.54, 1.807) is 0 Å². The van der Waals surface area contributed by atoms with E-state index >= 15 is 0 Å². The number of aliphatic imine (C=N–C) groups is 1. The largest absolute Gasteiger partial charge is 0.385 e. The molecule has 0 spiro atoms. The Morgan fingerprint density at radius 3 is 3.11 bits per heavy atom. The van der Waals surface area contributed by atoms with Crippen LogP contribution in [0.1, 0.15) is 25.7 Å². The molecule has 6 nitrogen and oxygen atoms in total. The van der Waals surface area contributed by atoms with Crippen LogP contribution in [-0.2, 0) is 10.3 Å². The molecule has 1 atom stereocenters. The molecule has 0 bridgehead atoms. The van der Waals surface area contributed by atoms with Gasteiger partial charge in [-0.05, 0) is 36.7 Å². The molecule has 0 saturated carbocycles. The van der Waals surface area contributed by atoms with Crippen LogP contribution in [-0.4, -0.2) is 36.6 Å². The zero-order valence-electron chi connectivity index (χ0n) is 17.0. The van der Waals surface area contributed by atoms with Crippen molar-refractivity contribution in [3.8, 4) is 0 Å². The van der Waals surface area contributed by atoms with Crippen LogP contribution in [0.25, 0.3) is 0 Å². The van der Waals surface area contributed by atoms with E-state index in [-0.39, 0.29) is 52.6 Å². The Morgan fingerprint density at radius 1 is 1.59 bits per heavy atom. The lowest BCUT2D eigenvalue weighted by atomic mass is 9.91. The first-order chi connectivity index (χ1) is 14.2. The van der Waals surface area contributed by atoms with Gasteiger partial charge in [0, 0.05) is 18.8 Å². The molecular weight excluding hydrogens is 378 g/mol. The van der Waals surface area contributed by atoms with E-state index in [4.69, 9.17) is 26.2 Å². The first-order valence-corrected chi connectivity index (χ1v) is 8.14. The lowest BCUT2D eigenvalue weighted by Gasteiger charge is -2.31. The fraction of sp³-hybridized carbons (Fsp3) is 0.278. The standard InChI is InChI=1S/C18H17ClF2N4O2/c1-10-4-11(19)6-23-16(10)17(26)24-12-2-3-14(21)13(5-12)18(8-20)9-27-7-15(22)25-18/h2-6H,7-9H2,1H3,(H2,22,25)(H,24,26)/t18-/m0/s1/i1D,4D,6D. The molecule has 0 saturated heterocycles. The highest BCUT2D eigenvalue weighted by Gasteiger charge is 2.38. The number of carbonyl (C=O) groups is 1. The maximum atomic E-state index is 14.5. The summed E-state index contributed by atoms with van der Waals surface area (Å²) in [4.78, 5) is 20.5. The highest BCUT2D eigenvalue weighted by molar-refractivity contribution is 6.30. The summed E-state index contributed by atoms with van der Waals surface area (Å²) in [5, 5.41) is 2.19. The second-order valence-electron chi connectivity index (χ2n) is 5.90. The molecule has 1 aromatic heterocycles. The Balaban J connectivity index is 1.99. The molecule has 27 heavy (non-hydrogen) atoms. The normalized spacial score (nSPS) is 21.0. The Morgan fingerprint density at radius 2 is 2.41 bits per heavy atom. The summed E-state index contributed by atoms with van der Waals surface area (Å²) in [5.41, 5.74) is 3.51. The van der Waals surface area contributed by atoms with Gasteiger partial charge in [-0.25, -0.2) is 13.8 Å². The van der Waals surface area contributed by atoms with Gasteiger partial charge < -0.3 is 15.8 Å². The maximum absolute atomic E-state index is 14.5. The van der Waals surface area contributed by atoms with Crippen LogP contribution in [0.3, 0.4) is 0 Å².